The Morgan fingerprint density at radius 3 is 2.36 bits per heavy atom. The van der Waals surface area contributed by atoms with Gasteiger partial charge >= 0.3 is 0 Å². The molecule has 0 bridgehead atoms. The number of nitrogens with two attached hydrogens (primary N) is 1. The van der Waals surface area contributed by atoms with E-state index < -0.39 is 5.91 Å². The number of carbonyl (C=O) groups excluding carboxylic acids is 2. The van der Waals surface area contributed by atoms with E-state index in [9.17, 15) is 9.59 Å². The van der Waals surface area contributed by atoms with Gasteiger partial charge in [-0.05, 0) is 44.1 Å². The molecule has 3 rings (SSSR count). The fraction of sp³-hybridized carbons (Fsp3) is 0.647. The van der Waals surface area contributed by atoms with Crippen LogP contribution in [0.1, 0.15) is 72.2 Å². The van der Waals surface area contributed by atoms with Crippen LogP contribution in [-0.4, -0.2) is 11.8 Å². The molecule has 5 heteroatoms. The van der Waals surface area contributed by atoms with Gasteiger partial charge in [-0.3, -0.25) is 9.59 Å². The molecular weight excluding hydrogens is 296 g/mol. The van der Waals surface area contributed by atoms with Crippen LogP contribution in [-0.2, 0) is 17.6 Å². The molecule has 0 aliphatic heterocycles. The number of anilines is 1. The third-order valence-corrected chi connectivity index (χ3v) is 6.09. The first-order valence-corrected chi connectivity index (χ1v) is 9.23. The van der Waals surface area contributed by atoms with Gasteiger partial charge < -0.3 is 11.1 Å². The topological polar surface area (TPSA) is 72.2 Å². The fourth-order valence-electron chi connectivity index (χ4n) is 3.67. The molecule has 22 heavy (non-hydrogen) atoms. The molecule has 1 heterocycles. The maximum absolute atomic E-state index is 12.4. The second kappa shape index (κ2) is 6.82. The first kappa shape index (κ1) is 15.5. The molecular formula is C17H24N2O2S. The van der Waals surface area contributed by atoms with E-state index in [-0.39, 0.29) is 11.8 Å². The quantitative estimate of drug-likeness (QED) is 0.892. The lowest BCUT2D eigenvalue weighted by Crippen LogP contribution is -2.22. The van der Waals surface area contributed by atoms with Gasteiger partial charge in [0.15, 0.2) is 0 Å². The van der Waals surface area contributed by atoms with E-state index in [1.54, 1.807) is 11.3 Å². The Morgan fingerprint density at radius 1 is 1.00 bits per heavy atom. The Morgan fingerprint density at radius 2 is 1.68 bits per heavy atom. The molecule has 0 radical (unpaired) electrons. The zero-order valence-electron chi connectivity index (χ0n) is 13.0. The lowest BCUT2D eigenvalue weighted by atomic mass is 9.96. The zero-order valence-corrected chi connectivity index (χ0v) is 13.8. The predicted molar refractivity (Wildman–Crippen MR) is 89.3 cm³/mol. The summed E-state index contributed by atoms with van der Waals surface area (Å²) in [4.78, 5) is 25.6. The molecule has 3 N–H and O–H groups in total. The van der Waals surface area contributed by atoms with Crippen LogP contribution in [0.15, 0.2) is 0 Å². The number of hydrogen-bond acceptors (Lipinski definition) is 3. The van der Waals surface area contributed by atoms with Crippen molar-refractivity contribution in [1.82, 2.24) is 0 Å². The molecule has 1 fully saturated rings. The summed E-state index contributed by atoms with van der Waals surface area (Å²) in [6, 6.07) is 0. The molecule has 0 atom stereocenters. The second-order valence-corrected chi connectivity index (χ2v) is 7.56. The molecule has 4 nitrogen and oxygen atoms in total. The highest BCUT2D eigenvalue weighted by Crippen LogP contribution is 2.37. The zero-order chi connectivity index (χ0) is 15.5. The Hall–Kier alpha value is -1.36. The van der Waals surface area contributed by atoms with E-state index in [4.69, 9.17) is 5.73 Å². The van der Waals surface area contributed by atoms with Crippen molar-refractivity contribution < 1.29 is 9.59 Å². The third kappa shape index (κ3) is 3.19. The van der Waals surface area contributed by atoms with Gasteiger partial charge in [0, 0.05) is 10.8 Å². The van der Waals surface area contributed by atoms with E-state index >= 15 is 0 Å². The van der Waals surface area contributed by atoms with Crippen molar-refractivity contribution >= 4 is 28.2 Å². The van der Waals surface area contributed by atoms with Crippen LogP contribution in [0.25, 0.3) is 0 Å². The van der Waals surface area contributed by atoms with Crippen LogP contribution < -0.4 is 11.1 Å². The SMILES string of the molecule is NC(=O)c1c(NC(=O)C2CCCC2)sc2c1CCCCCC2. The number of carbonyl (C=O) groups is 2. The van der Waals surface area contributed by atoms with Crippen molar-refractivity contribution in [2.24, 2.45) is 11.7 Å². The Bertz CT molecular complexity index is 573. The van der Waals surface area contributed by atoms with Crippen molar-refractivity contribution in [2.45, 2.75) is 64.2 Å². The van der Waals surface area contributed by atoms with Crippen LogP contribution in [0.3, 0.4) is 0 Å². The fourth-order valence-corrected chi connectivity index (χ4v) is 4.97. The molecule has 0 spiro atoms. The lowest BCUT2D eigenvalue weighted by molar-refractivity contribution is -0.119. The summed E-state index contributed by atoms with van der Waals surface area (Å²) in [7, 11) is 0. The van der Waals surface area contributed by atoms with Gasteiger partial charge in [-0.15, -0.1) is 11.3 Å². The summed E-state index contributed by atoms with van der Waals surface area (Å²) in [6.07, 6.45) is 10.8. The smallest absolute Gasteiger partial charge is 0.251 e. The van der Waals surface area contributed by atoms with Gasteiger partial charge in [-0.25, -0.2) is 0 Å². The van der Waals surface area contributed by atoms with Crippen molar-refractivity contribution in [3.05, 3.63) is 16.0 Å². The third-order valence-electron chi connectivity index (χ3n) is 4.88. The molecule has 1 saturated carbocycles. The summed E-state index contributed by atoms with van der Waals surface area (Å²) >= 11 is 1.57. The summed E-state index contributed by atoms with van der Waals surface area (Å²) in [5, 5.41) is 3.70. The van der Waals surface area contributed by atoms with Crippen molar-refractivity contribution in [1.29, 1.82) is 0 Å². The Kier molecular flexibility index (Phi) is 4.81. The molecule has 0 saturated heterocycles. The van der Waals surface area contributed by atoms with E-state index in [1.165, 1.54) is 17.7 Å². The van der Waals surface area contributed by atoms with Gasteiger partial charge in [-0.2, -0.15) is 0 Å². The standard InChI is InChI=1S/C17H24N2O2S/c18-15(20)14-12-9-3-1-2-4-10-13(12)22-17(14)19-16(21)11-7-5-6-8-11/h11H,1-10H2,(H2,18,20)(H,19,21). The molecule has 1 aromatic heterocycles. The van der Waals surface area contributed by atoms with Crippen LogP contribution >= 0.6 is 11.3 Å². The normalized spacial score (nSPS) is 19.3. The van der Waals surface area contributed by atoms with Gasteiger partial charge in [0.05, 0.1) is 5.56 Å². The van der Waals surface area contributed by atoms with Crippen LogP contribution in [0.5, 0.6) is 0 Å². The molecule has 2 aliphatic rings. The number of primary amides is 1. The van der Waals surface area contributed by atoms with Gasteiger partial charge in [0.2, 0.25) is 5.91 Å². The van der Waals surface area contributed by atoms with E-state index in [0.717, 1.165) is 56.9 Å². The first-order valence-electron chi connectivity index (χ1n) is 8.42. The predicted octanol–water partition coefficient (Wildman–Crippen LogP) is 3.63. The number of thiophene rings is 1. The highest BCUT2D eigenvalue weighted by Gasteiger charge is 2.27. The minimum atomic E-state index is -0.403. The molecule has 120 valence electrons. The molecule has 1 aromatic rings. The first-order chi connectivity index (χ1) is 10.7. The van der Waals surface area contributed by atoms with Crippen LogP contribution in [0.2, 0.25) is 0 Å². The summed E-state index contributed by atoms with van der Waals surface area (Å²) in [5.41, 5.74) is 7.29. The average molecular weight is 320 g/mol. The van der Waals surface area contributed by atoms with Gasteiger partial charge in [-0.1, -0.05) is 25.7 Å². The Labute approximate surface area is 135 Å². The lowest BCUT2D eigenvalue weighted by Gasteiger charge is -2.11. The van der Waals surface area contributed by atoms with Crippen molar-refractivity contribution in [2.75, 3.05) is 5.32 Å². The maximum atomic E-state index is 12.4. The minimum absolute atomic E-state index is 0.0641. The van der Waals surface area contributed by atoms with Crippen LogP contribution in [0, 0.1) is 5.92 Å². The van der Waals surface area contributed by atoms with Crippen molar-refractivity contribution in [3.63, 3.8) is 0 Å². The van der Waals surface area contributed by atoms with E-state index in [1.807, 2.05) is 0 Å². The summed E-state index contributed by atoms with van der Waals surface area (Å²) < 4.78 is 0. The van der Waals surface area contributed by atoms with E-state index in [0.29, 0.717) is 10.6 Å². The average Bonchev–Trinajstić information content (AvgIpc) is 3.07. The van der Waals surface area contributed by atoms with E-state index in [2.05, 4.69) is 5.32 Å². The molecule has 0 unspecified atom stereocenters. The number of rotatable bonds is 3. The Balaban J connectivity index is 1.87. The second-order valence-electron chi connectivity index (χ2n) is 6.46. The number of nitrogens with one attached hydrogen (secondary N) is 1. The largest absolute Gasteiger partial charge is 0.365 e. The number of fused-ring (bicyclic) bond motifs is 1. The molecule has 0 aromatic carbocycles. The van der Waals surface area contributed by atoms with Crippen molar-refractivity contribution in [3.8, 4) is 0 Å². The number of hydrogen-bond donors (Lipinski definition) is 2. The monoisotopic (exact) mass is 320 g/mol. The highest BCUT2D eigenvalue weighted by molar-refractivity contribution is 7.17. The summed E-state index contributed by atoms with van der Waals surface area (Å²) in [6.45, 7) is 0. The molecule has 2 amide bonds. The number of aryl methyl sites for hydroxylation is 1. The molecule has 2 aliphatic carbocycles. The maximum Gasteiger partial charge on any atom is 0.251 e. The highest BCUT2D eigenvalue weighted by atomic mass is 32.1. The van der Waals surface area contributed by atoms with Gasteiger partial charge in [0.25, 0.3) is 5.91 Å². The van der Waals surface area contributed by atoms with Crippen LogP contribution in [0.4, 0.5) is 5.00 Å². The number of amides is 2. The minimum Gasteiger partial charge on any atom is -0.365 e. The summed E-state index contributed by atoms with van der Waals surface area (Å²) in [5.74, 6) is -0.237. The van der Waals surface area contributed by atoms with Gasteiger partial charge in [0.1, 0.15) is 5.00 Å².